The monoisotopic (exact) mass is 245 g/mol. The molecule has 1 rings (SSSR count). The van der Waals surface area contributed by atoms with Gasteiger partial charge in [0.2, 0.25) is 0 Å². The lowest BCUT2D eigenvalue weighted by molar-refractivity contribution is 0.136. The van der Waals surface area contributed by atoms with Gasteiger partial charge in [0.15, 0.2) is 0 Å². The van der Waals surface area contributed by atoms with E-state index in [2.05, 4.69) is 32.8 Å². The van der Waals surface area contributed by atoms with Gasteiger partial charge in [-0.1, -0.05) is 22.5 Å². The van der Waals surface area contributed by atoms with Crippen molar-refractivity contribution in [3.8, 4) is 0 Å². The number of hydroxylamine groups is 1. The fourth-order valence-electron chi connectivity index (χ4n) is 0.912. The molecule has 0 bridgehead atoms. The minimum absolute atomic E-state index is 0.344. The lowest BCUT2D eigenvalue weighted by atomic mass is 10.2. The molecule has 0 aliphatic carbocycles. The lowest BCUT2D eigenvalue weighted by Crippen LogP contribution is -2.09. The van der Waals surface area contributed by atoms with Crippen LogP contribution in [0.4, 0.5) is 4.39 Å². The van der Waals surface area contributed by atoms with Crippen molar-refractivity contribution >= 4 is 21.6 Å². The van der Waals surface area contributed by atoms with Gasteiger partial charge >= 0.3 is 0 Å². The van der Waals surface area contributed by atoms with E-state index in [-0.39, 0.29) is 5.82 Å². The molecular formula is C9H9BrFNO. The highest BCUT2D eigenvalue weighted by Crippen LogP contribution is 2.19. The Kier molecular flexibility index (Phi) is 3.45. The molecule has 13 heavy (non-hydrogen) atoms. The quantitative estimate of drug-likeness (QED) is 0.828. The highest BCUT2D eigenvalue weighted by Gasteiger charge is 2.05. The Labute approximate surface area is 84.5 Å². The van der Waals surface area contributed by atoms with E-state index in [1.165, 1.54) is 13.2 Å². The summed E-state index contributed by atoms with van der Waals surface area (Å²) in [7, 11) is 1.45. The second kappa shape index (κ2) is 4.39. The Hall–Kier alpha value is -0.870. The van der Waals surface area contributed by atoms with Crippen molar-refractivity contribution in [1.82, 2.24) is 5.48 Å². The van der Waals surface area contributed by atoms with Crippen LogP contribution in [0.25, 0.3) is 5.70 Å². The maximum absolute atomic E-state index is 13.2. The largest absolute Gasteiger partial charge is 0.279 e. The molecule has 0 heterocycles. The van der Waals surface area contributed by atoms with E-state index in [1.807, 2.05) is 0 Å². The predicted molar refractivity (Wildman–Crippen MR) is 53.3 cm³/mol. The normalized spacial score (nSPS) is 9.77. The summed E-state index contributed by atoms with van der Waals surface area (Å²) >= 11 is 3.16. The first-order valence-corrected chi connectivity index (χ1v) is 4.37. The molecular weight excluding hydrogens is 237 g/mol. The molecule has 0 aliphatic heterocycles. The van der Waals surface area contributed by atoms with E-state index in [1.54, 1.807) is 12.1 Å². The molecule has 0 spiro atoms. The summed E-state index contributed by atoms with van der Waals surface area (Å²) < 4.78 is 13.9. The second-order valence-electron chi connectivity index (χ2n) is 2.41. The van der Waals surface area contributed by atoms with Gasteiger partial charge in [-0.15, -0.1) is 0 Å². The minimum atomic E-state index is -0.344. The summed E-state index contributed by atoms with van der Waals surface area (Å²) in [6, 6.07) is 4.73. The third-order valence-electron chi connectivity index (χ3n) is 1.48. The summed E-state index contributed by atoms with van der Waals surface area (Å²) in [5, 5.41) is 0. The molecule has 0 radical (unpaired) electrons. The molecule has 0 unspecified atom stereocenters. The Morgan fingerprint density at radius 2 is 2.31 bits per heavy atom. The van der Waals surface area contributed by atoms with E-state index >= 15 is 0 Å². The summed E-state index contributed by atoms with van der Waals surface area (Å²) in [6.45, 7) is 3.61. The molecule has 0 fully saturated rings. The molecule has 0 saturated heterocycles. The standard InChI is InChI=1S/C9H9BrFNO/c1-6(12-13-2)8-4-3-7(10)5-9(8)11/h3-5,12H,1H2,2H3. The molecule has 70 valence electrons. The average Bonchev–Trinajstić information content (AvgIpc) is 2.04. The number of halogens is 2. The molecule has 2 nitrogen and oxygen atoms in total. The third-order valence-corrected chi connectivity index (χ3v) is 1.97. The zero-order valence-electron chi connectivity index (χ0n) is 7.10. The topological polar surface area (TPSA) is 21.3 Å². The Morgan fingerprint density at radius 3 is 2.85 bits per heavy atom. The SMILES string of the molecule is C=C(NOC)c1ccc(Br)cc1F. The van der Waals surface area contributed by atoms with Crippen molar-refractivity contribution in [3.63, 3.8) is 0 Å². The minimum Gasteiger partial charge on any atom is -0.279 e. The van der Waals surface area contributed by atoms with Gasteiger partial charge in [0.25, 0.3) is 0 Å². The summed E-state index contributed by atoms with van der Waals surface area (Å²) in [5.41, 5.74) is 3.26. The van der Waals surface area contributed by atoms with Crippen LogP contribution in [0.3, 0.4) is 0 Å². The Balaban J connectivity index is 2.95. The summed E-state index contributed by atoms with van der Waals surface area (Å²) in [6.07, 6.45) is 0. The number of rotatable bonds is 3. The maximum atomic E-state index is 13.2. The van der Waals surface area contributed by atoms with E-state index in [4.69, 9.17) is 0 Å². The van der Waals surface area contributed by atoms with Crippen LogP contribution in [0.2, 0.25) is 0 Å². The average molecular weight is 246 g/mol. The van der Waals surface area contributed by atoms with Crippen LogP contribution in [0.1, 0.15) is 5.56 Å². The fraction of sp³-hybridized carbons (Fsp3) is 0.111. The van der Waals surface area contributed by atoms with Gasteiger partial charge in [-0.3, -0.25) is 10.3 Å². The predicted octanol–water partition coefficient (Wildman–Crippen LogP) is 2.71. The van der Waals surface area contributed by atoms with E-state index in [0.717, 1.165) is 0 Å². The van der Waals surface area contributed by atoms with Crippen LogP contribution >= 0.6 is 15.9 Å². The van der Waals surface area contributed by atoms with Crippen molar-refractivity contribution in [2.24, 2.45) is 0 Å². The van der Waals surface area contributed by atoms with E-state index in [0.29, 0.717) is 15.7 Å². The zero-order chi connectivity index (χ0) is 9.84. The summed E-state index contributed by atoms with van der Waals surface area (Å²) in [5.74, 6) is -0.344. The number of nitrogens with one attached hydrogen (secondary N) is 1. The van der Waals surface area contributed by atoms with E-state index < -0.39 is 0 Å². The van der Waals surface area contributed by atoms with Crippen LogP contribution in [0, 0.1) is 5.82 Å². The number of hydrogen-bond acceptors (Lipinski definition) is 2. The first kappa shape index (κ1) is 10.2. The lowest BCUT2D eigenvalue weighted by Gasteiger charge is -2.07. The van der Waals surface area contributed by atoms with Crippen LogP contribution < -0.4 is 5.48 Å². The molecule has 0 aromatic heterocycles. The van der Waals surface area contributed by atoms with Crippen molar-refractivity contribution in [2.75, 3.05) is 7.11 Å². The van der Waals surface area contributed by atoms with E-state index in [9.17, 15) is 4.39 Å². The van der Waals surface area contributed by atoms with Crippen LogP contribution in [-0.2, 0) is 4.84 Å². The smallest absolute Gasteiger partial charge is 0.133 e. The van der Waals surface area contributed by atoms with Gasteiger partial charge in [0, 0.05) is 10.0 Å². The molecule has 1 aromatic rings. The molecule has 1 aromatic carbocycles. The fourth-order valence-corrected chi connectivity index (χ4v) is 1.25. The first-order chi connectivity index (χ1) is 6.15. The van der Waals surface area contributed by atoms with Gasteiger partial charge in [-0.2, -0.15) is 0 Å². The third kappa shape index (κ3) is 2.54. The van der Waals surface area contributed by atoms with Crippen LogP contribution in [0.15, 0.2) is 29.3 Å². The highest BCUT2D eigenvalue weighted by atomic mass is 79.9. The van der Waals surface area contributed by atoms with Gasteiger partial charge in [-0.25, -0.2) is 4.39 Å². The highest BCUT2D eigenvalue weighted by molar-refractivity contribution is 9.10. The molecule has 4 heteroatoms. The molecule has 0 atom stereocenters. The molecule has 1 N–H and O–H groups in total. The molecule has 0 saturated carbocycles. The van der Waals surface area contributed by atoms with Gasteiger partial charge < -0.3 is 0 Å². The molecule has 0 amide bonds. The Bertz CT molecular complexity index is 327. The van der Waals surface area contributed by atoms with Crippen molar-refractivity contribution in [2.45, 2.75) is 0 Å². The first-order valence-electron chi connectivity index (χ1n) is 3.58. The van der Waals surface area contributed by atoms with Gasteiger partial charge in [0.1, 0.15) is 5.82 Å². The van der Waals surface area contributed by atoms with Crippen molar-refractivity contribution in [3.05, 3.63) is 40.6 Å². The number of benzene rings is 1. The van der Waals surface area contributed by atoms with Gasteiger partial charge in [0.05, 0.1) is 12.8 Å². The zero-order valence-corrected chi connectivity index (χ0v) is 8.69. The van der Waals surface area contributed by atoms with Crippen molar-refractivity contribution in [1.29, 1.82) is 0 Å². The number of hydrogen-bond donors (Lipinski definition) is 1. The summed E-state index contributed by atoms with van der Waals surface area (Å²) in [4.78, 5) is 4.62. The maximum Gasteiger partial charge on any atom is 0.133 e. The second-order valence-corrected chi connectivity index (χ2v) is 3.32. The van der Waals surface area contributed by atoms with Crippen LogP contribution in [-0.4, -0.2) is 7.11 Å². The van der Waals surface area contributed by atoms with Crippen LogP contribution in [0.5, 0.6) is 0 Å². The molecule has 0 aliphatic rings. The van der Waals surface area contributed by atoms with Crippen molar-refractivity contribution < 1.29 is 9.23 Å². The van der Waals surface area contributed by atoms with Gasteiger partial charge in [-0.05, 0) is 18.2 Å². The Morgan fingerprint density at radius 1 is 1.62 bits per heavy atom.